The molecule has 0 spiro atoms. The topological polar surface area (TPSA) is 124 Å². The fourth-order valence-electron chi connectivity index (χ4n) is 3.71. The summed E-state index contributed by atoms with van der Waals surface area (Å²) in [5.74, 6) is -1.07. The van der Waals surface area contributed by atoms with Crippen LogP contribution in [0.15, 0.2) is 82.6 Å². The summed E-state index contributed by atoms with van der Waals surface area (Å²) < 4.78 is 0. The summed E-state index contributed by atoms with van der Waals surface area (Å²) in [6, 6.07) is 16.8. The molecule has 34 heavy (non-hydrogen) atoms. The van der Waals surface area contributed by atoms with E-state index in [1.807, 2.05) is 49.3 Å². The second-order valence-electron chi connectivity index (χ2n) is 8.04. The monoisotopic (exact) mass is 461 g/mol. The van der Waals surface area contributed by atoms with Gasteiger partial charge in [0.05, 0.1) is 23.9 Å². The maximum atomic E-state index is 13.0. The van der Waals surface area contributed by atoms with Gasteiger partial charge >= 0.3 is 11.9 Å². The minimum absolute atomic E-state index is 0.0860. The minimum Gasteiger partial charge on any atom is -0.330 e. The van der Waals surface area contributed by atoms with E-state index < -0.39 is 10.9 Å². The van der Waals surface area contributed by atoms with Crippen LogP contribution in [-0.4, -0.2) is 70.5 Å². The largest absolute Gasteiger partial charge is 0.330 e. The average Bonchev–Trinajstić information content (AvgIpc) is 3.41. The highest BCUT2D eigenvalue weighted by Gasteiger charge is 2.41. The van der Waals surface area contributed by atoms with E-state index in [0.29, 0.717) is 17.3 Å². The van der Waals surface area contributed by atoms with E-state index >= 15 is 0 Å². The third-order valence-electron chi connectivity index (χ3n) is 5.31. The van der Waals surface area contributed by atoms with Crippen molar-refractivity contribution in [1.82, 2.24) is 20.1 Å². The van der Waals surface area contributed by atoms with Gasteiger partial charge in [0.2, 0.25) is 5.84 Å². The number of nitro groups is 1. The summed E-state index contributed by atoms with van der Waals surface area (Å²) in [4.78, 5) is 41.0. The van der Waals surface area contributed by atoms with Crippen LogP contribution in [0.2, 0.25) is 0 Å². The quantitative estimate of drug-likeness (QED) is 0.522. The van der Waals surface area contributed by atoms with Crippen LogP contribution in [-0.2, 0) is 0 Å². The van der Waals surface area contributed by atoms with Gasteiger partial charge in [-0.05, 0) is 36.8 Å². The van der Waals surface area contributed by atoms with Crippen molar-refractivity contribution < 1.29 is 14.6 Å². The van der Waals surface area contributed by atoms with E-state index in [-0.39, 0.29) is 35.6 Å². The van der Waals surface area contributed by atoms with Gasteiger partial charge in [-0.2, -0.15) is 5.10 Å². The molecule has 1 unspecified atom stereocenters. The molecule has 1 atom stereocenters. The van der Waals surface area contributed by atoms with E-state index in [0.717, 1.165) is 5.56 Å². The Morgan fingerprint density at radius 1 is 1.09 bits per heavy atom. The molecule has 0 saturated heterocycles. The van der Waals surface area contributed by atoms with E-state index in [4.69, 9.17) is 0 Å². The van der Waals surface area contributed by atoms with Gasteiger partial charge in [-0.25, -0.2) is 14.9 Å². The number of nitrogens with zero attached hydrogens (tertiary/aromatic N) is 6. The normalized spacial score (nSPS) is 15.3. The molecule has 1 N–H and O–H groups in total. The molecule has 0 aromatic heterocycles. The summed E-state index contributed by atoms with van der Waals surface area (Å²) >= 11 is 0. The Labute approximate surface area is 195 Å². The van der Waals surface area contributed by atoms with E-state index in [2.05, 4.69) is 15.5 Å². The van der Waals surface area contributed by atoms with E-state index in [9.17, 15) is 19.7 Å². The zero-order valence-corrected chi connectivity index (χ0v) is 18.7. The summed E-state index contributed by atoms with van der Waals surface area (Å²) in [6.07, 6.45) is 1.44. The van der Waals surface area contributed by atoms with Gasteiger partial charge in [0.25, 0.3) is 0 Å². The number of urea groups is 1. The summed E-state index contributed by atoms with van der Waals surface area (Å²) in [5, 5.41) is 22.1. The van der Waals surface area contributed by atoms with Crippen molar-refractivity contribution in [3.63, 3.8) is 0 Å². The number of carbonyl (C=O) groups excluding carboxylic acids is 2. The number of hydrogen-bond donors (Lipinski definition) is 1. The number of nitrogens with one attached hydrogen (secondary N) is 1. The Morgan fingerprint density at radius 3 is 2.35 bits per heavy atom. The van der Waals surface area contributed by atoms with Crippen LogP contribution >= 0.6 is 0 Å². The zero-order valence-electron chi connectivity index (χ0n) is 18.7. The number of carbonyl (C=O) groups is 2. The molecule has 3 amide bonds. The average molecular weight is 461 g/mol. The Morgan fingerprint density at radius 2 is 1.74 bits per heavy atom. The molecule has 2 aromatic carbocycles. The summed E-state index contributed by atoms with van der Waals surface area (Å²) in [5.41, 5.74) is 1.73. The molecule has 2 heterocycles. The molecular formula is C23H23N7O4. The number of hydrogen-bond acceptors (Lipinski definition) is 7. The first-order valence-corrected chi connectivity index (χ1v) is 10.5. The van der Waals surface area contributed by atoms with Crippen molar-refractivity contribution in [3.05, 3.63) is 93.7 Å². The number of fused-ring (bicyclic) bond motifs is 1. The molecule has 11 heteroatoms. The van der Waals surface area contributed by atoms with Gasteiger partial charge in [0.1, 0.15) is 0 Å². The molecule has 2 aliphatic heterocycles. The van der Waals surface area contributed by atoms with Crippen molar-refractivity contribution in [3.8, 4) is 0 Å². The lowest BCUT2D eigenvalue weighted by atomic mass is 10.1. The van der Waals surface area contributed by atoms with E-state index in [1.54, 1.807) is 18.2 Å². The zero-order chi connectivity index (χ0) is 24.2. The van der Waals surface area contributed by atoms with Crippen molar-refractivity contribution in [1.29, 1.82) is 0 Å². The number of hydrazine groups is 1. The second-order valence-corrected chi connectivity index (χ2v) is 8.04. The fraction of sp³-hybridized carbons (Fsp3) is 0.217. The SMILES string of the molecule is CN(C)CC(NC(=O)N1C=C2C(=NN=C2N(C(=O)c2ccccc2)[N+](=O)[O-])C1)c1ccccc1. The lowest BCUT2D eigenvalue weighted by Crippen LogP contribution is -2.42. The van der Waals surface area contributed by atoms with Gasteiger partial charge in [-0.1, -0.05) is 48.5 Å². The van der Waals surface area contributed by atoms with Gasteiger partial charge < -0.3 is 10.2 Å². The smallest absolute Gasteiger partial charge is 0.322 e. The molecule has 2 aliphatic rings. The second kappa shape index (κ2) is 9.63. The van der Waals surface area contributed by atoms with Crippen molar-refractivity contribution in [2.45, 2.75) is 6.04 Å². The maximum Gasteiger partial charge on any atom is 0.322 e. The maximum absolute atomic E-state index is 13.0. The van der Waals surface area contributed by atoms with Crippen molar-refractivity contribution >= 4 is 23.5 Å². The Bertz CT molecular complexity index is 1190. The number of rotatable bonds is 6. The molecule has 0 saturated carbocycles. The highest BCUT2D eigenvalue weighted by Crippen LogP contribution is 2.24. The van der Waals surface area contributed by atoms with Crippen LogP contribution < -0.4 is 5.32 Å². The molecule has 11 nitrogen and oxygen atoms in total. The number of likely N-dealkylation sites (N-methyl/N-ethyl adjacent to an activating group) is 1. The first-order valence-electron chi connectivity index (χ1n) is 10.5. The predicted molar refractivity (Wildman–Crippen MR) is 126 cm³/mol. The Balaban J connectivity index is 1.54. The Hall–Kier alpha value is -4.38. The van der Waals surface area contributed by atoms with E-state index in [1.165, 1.54) is 23.2 Å². The van der Waals surface area contributed by atoms with Crippen LogP contribution in [0.4, 0.5) is 4.79 Å². The number of amides is 3. The third-order valence-corrected chi connectivity index (χ3v) is 5.31. The molecule has 0 fully saturated rings. The minimum atomic E-state index is -0.847. The van der Waals surface area contributed by atoms with Crippen LogP contribution in [0.5, 0.6) is 0 Å². The van der Waals surface area contributed by atoms with Crippen LogP contribution in [0.3, 0.4) is 0 Å². The van der Waals surface area contributed by atoms with Crippen molar-refractivity contribution in [2.24, 2.45) is 10.2 Å². The summed E-state index contributed by atoms with van der Waals surface area (Å²) in [7, 11) is 3.83. The lowest BCUT2D eigenvalue weighted by Gasteiger charge is -2.25. The predicted octanol–water partition coefficient (Wildman–Crippen LogP) is 2.30. The summed E-state index contributed by atoms with van der Waals surface area (Å²) in [6.45, 7) is 0.664. The molecule has 0 bridgehead atoms. The first kappa shape index (κ1) is 22.8. The molecule has 0 radical (unpaired) electrons. The van der Waals surface area contributed by atoms with Crippen LogP contribution in [0, 0.1) is 10.1 Å². The molecule has 0 aliphatic carbocycles. The molecular weight excluding hydrogens is 438 g/mol. The van der Waals surface area contributed by atoms with Gasteiger partial charge in [-0.15, -0.1) is 5.10 Å². The highest BCUT2D eigenvalue weighted by molar-refractivity contribution is 6.31. The molecule has 174 valence electrons. The van der Waals surface area contributed by atoms with Gasteiger partial charge in [-0.3, -0.25) is 9.69 Å². The highest BCUT2D eigenvalue weighted by atomic mass is 16.7. The lowest BCUT2D eigenvalue weighted by molar-refractivity contribution is -0.606. The first-order chi connectivity index (χ1) is 16.3. The van der Waals surface area contributed by atoms with Gasteiger partial charge in [0.15, 0.2) is 5.03 Å². The standard InChI is InChI=1S/C23H23N7O4/c1-27(2)14-19(16-9-5-3-6-10-16)24-23(32)28-13-18-20(15-28)25-26-21(18)29(30(33)34)22(31)17-11-7-4-8-12-17/h3-13,19H,14-15H2,1-2H3,(H,24,32). The van der Waals surface area contributed by atoms with Crippen molar-refractivity contribution in [2.75, 3.05) is 27.2 Å². The number of benzene rings is 2. The van der Waals surface area contributed by atoms with Gasteiger partial charge in [0, 0.05) is 18.3 Å². The van der Waals surface area contributed by atoms with Crippen LogP contribution in [0.1, 0.15) is 22.0 Å². The molecule has 2 aromatic rings. The Kier molecular flexibility index (Phi) is 6.46. The third kappa shape index (κ3) is 4.69. The molecule has 4 rings (SSSR count). The van der Waals surface area contributed by atoms with Crippen LogP contribution in [0.25, 0.3) is 0 Å². The fourth-order valence-corrected chi connectivity index (χ4v) is 3.71. The number of amidine groups is 1.